The fourth-order valence-corrected chi connectivity index (χ4v) is 3.73. The minimum atomic E-state index is -0.243. The SMILES string of the molecule is CC(C)(C)CC(C)(C)C(=O)C(C)(C)CC(C)(C)C. The summed E-state index contributed by atoms with van der Waals surface area (Å²) in [5.74, 6) is 0.403. The molecule has 108 valence electrons. The van der Waals surface area contributed by atoms with E-state index in [1.54, 1.807) is 0 Å². The van der Waals surface area contributed by atoms with Crippen LogP contribution in [0.5, 0.6) is 0 Å². The summed E-state index contributed by atoms with van der Waals surface area (Å²) in [7, 11) is 0. The quantitative estimate of drug-likeness (QED) is 0.649. The summed E-state index contributed by atoms with van der Waals surface area (Å²) in [6.07, 6.45) is 1.87. The number of hydrogen-bond donors (Lipinski definition) is 0. The third-order valence-electron chi connectivity index (χ3n) is 3.17. The van der Waals surface area contributed by atoms with Gasteiger partial charge in [0.1, 0.15) is 5.78 Å². The lowest BCUT2D eigenvalue weighted by molar-refractivity contribution is -0.139. The molecule has 0 aliphatic heterocycles. The standard InChI is InChI=1S/C17H34O/c1-14(2,3)11-16(7,8)13(18)17(9,10)12-15(4,5)6/h11-12H2,1-10H3. The number of carbonyl (C=O) groups is 1. The van der Waals surface area contributed by atoms with E-state index in [1.165, 1.54) is 0 Å². The smallest absolute Gasteiger partial charge is 0.144 e. The van der Waals surface area contributed by atoms with Crippen LogP contribution in [0.15, 0.2) is 0 Å². The van der Waals surface area contributed by atoms with Crippen molar-refractivity contribution in [2.75, 3.05) is 0 Å². The Labute approximate surface area is 115 Å². The second kappa shape index (κ2) is 4.98. The van der Waals surface area contributed by atoms with Gasteiger partial charge in [-0.05, 0) is 23.7 Å². The van der Waals surface area contributed by atoms with Crippen molar-refractivity contribution in [3.8, 4) is 0 Å². The van der Waals surface area contributed by atoms with Gasteiger partial charge in [-0.25, -0.2) is 0 Å². The van der Waals surface area contributed by atoms with Gasteiger partial charge >= 0.3 is 0 Å². The van der Waals surface area contributed by atoms with Crippen LogP contribution < -0.4 is 0 Å². The molecule has 0 aliphatic carbocycles. The number of Topliss-reactive ketones (excluding diaryl/α,β-unsaturated/α-hetero) is 1. The Morgan fingerprint density at radius 1 is 0.611 bits per heavy atom. The zero-order chi connectivity index (χ0) is 15.0. The summed E-state index contributed by atoms with van der Waals surface area (Å²) in [6, 6.07) is 0. The van der Waals surface area contributed by atoms with Crippen molar-refractivity contribution < 1.29 is 4.79 Å². The van der Waals surface area contributed by atoms with E-state index in [1.807, 2.05) is 0 Å². The van der Waals surface area contributed by atoms with Crippen LogP contribution in [0.25, 0.3) is 0 Å². The lowest BCUT2D eigenvalue weighted by atomic mass is 9.63. The fourth-order valence-electron chi connectivity index (χ4n) is 3.73. The van der Waals surface area contributed by atoms with Gasteiger partial charge in [-0.15, -0.1) is 0 Å². The van der Waals surface area contributed by atoms with Gasteiger partial charge in [0, 0.05) is 10.8 Å². The summed E-state index contributed by atoms with van der Waals surface area (Å²) < 4.78 is 0. The van der Waals surface area contributed by atoms with Crippen molar-refractivity contribution in [2.24, 2.45) is 21.7 Å². The van der Waals surface area contributed by atoms with Gasteiger partial charge in [-0.1, -0.05) is 69.2 Å². The topological polar surface area (TPSA) is 17.1 Å². The molecule has 0 saturated carbocycles. The van der Waals surface area contributed by atoms with Crippen molar-refractivity contribution in [1.29, 1.82) is 0 Å². The van der Waals surface area contributed by atoms with Gasteiger partial charge in [0.25, 0.3) is 0 Å². The average molecular weight is 254 g/mol. The Bertz CT molecular complexity index is 265. The number of hydrogen-bond acceptors (Lipinski definition) is 1. The monoisotopic (exact) mass is 254 g/mol. The molecule has 0 rings (SSSR count). The molecule has 0 aliphatic rings. The zero-order valence-electron chi connectivity index (χ0n) is 14.3. The van der Waals surface area contributed by atoms with E-state index in [4.69, 9.17) is 0 Å². The normalized spacial score (nSPS) is 14.8. The highest BCUT2D eigenvalue weighted by atomic mass is 16.1. The molecular weight excluding hydrogens is 220 g/mol. The van der Waals surface area contributed by atoms with E-state index in [2.05, 4.69) is 69.2 Å². The minimum absolute atomic E-state index is 0.191. The predicted molar refractivity (Wildman–Crippen MR) is 80.7 cm³/mol. The first kappa shape index (κ1) is 17.7. The number of carbonyl (C=O) groups excluding carboxylic acids is 1. The Morgan fingerprint density at radius 3 is 1.00 bits per heavy atom. The van der Waals surface area contributed by atoms with Gasteiger partial charge in [0.05, 0.1) is 0 Å². The molecule has 0 aromatic heterocycles. The van der Waals surface area contributed by atoms with Gasteiger partial charge in [0.15, 0.2) is 0 Å². The van der Waals surface area contributed by atoms with Gasteiger partial charge < -0.3 is 0 Å². The van der Waals surface area contributed by atoms with Crippen molar-refractivity contribution in [3.05, 3.63) is 0 Å². The maximum absolute atomic E-state index is 12.8. The van der Waals surface area contributed by atoms with Crippen LogP contribution in [0.2, 0.25) is 0 Å². The second-order valence-electron chi connectivity index (χ2n) is 9.57. The van der Waals surface area contributed by atoms with Gasteiger partial charge in [-0.2, -0.15) is 0 Å². The summed E-state index contributed by atoms with van der Waals surface area (Å²) in [5, 5.41) is 0. The summed E-state index contributed by atoms with van der Waals surface area (Å²) >= 11 is 0. The average Bonchev–Trinajstić information content (AvgIpc) is 1.92. The molecular formula is C17H34O. The summed E-state index contributed by atoms with van der Waals surface area (Å²) in [6.45, 7) is 21.7. The van der Waals surface area contributed by atoms with Gasteiger partial charge in [0.2, 0.25) is 0 Å². The van der Waals surface area contributed by atoms with E-state index < -0.39 is 0 Å². The maximum atomic E-state index is 12.8. The predicted octanol–water partition coefficient (Wildman–Crippen LogP) is 5.48. The fraction of sp³-hybridized carbons (Fsp3) is 0.941. The molecule has 0 aromatic carbocycles. The maximum Gasteiger partial charge on any atom is 0.144 e. The minimum Gasteiger partial charge on any atom is -0.299 e. The van der Waals surface area contributed by atoms with Crippen LogP contribution in [0.3, 0.4) is 0 Å². The van der Waals surface area contributed by atoms with Crippen LogP contribution in [0.1, 0.15) is 82.1 Å². The number of rotatable bonds is 4. The van der Waals surface area contributed by atoms with Crippen LogP contribution in [0.4, 0.5) is 0 Å². The molecule has 0 heterocycles. The molecule has 0 unspecified atom stereocenters. The molecule has 0 radical (unpaired) electrons. The van der Waals surface area contributed by atoms with E-state index in [0.717, 1.165) is 12.8 Å². The Kier molecular flexibility index (Phi) is 4.89. The lowest BCUT2D eigenvalue weighted by Crippen LogP contribution is -2.41. The first-order valence-corrected chi connectivity index (χ1v) is 7.12. The lowest BCUT2D eigenvalue weighted by Gasteiger charge is -2.39. The molecule has 0 N–H and O–H groups in total. The molecule has 0 aromatic rings. The van der Waals surface area contributed by atoms with E-state index in [0.29, 0.717) is 5.78 Å². The van der Waals surface area contributed by atoms with Crippen molar-refractivity contribution >= 4 is 5.78 Å². The third-order valence-corrected chi connectivity index (χ3v) is 3.17. The largest absolute Gasteiger partial charge is 0.299 e. The Morgan fingerprint density at radius 2 is 0.833 bits per heavy atom. The highest BCUT2D eigenvalue weighted by Crippen LogP contribution is 2.43. The van der Waals surface area contributed by atoms with E-state index >= 15 is 0 Å². The van der Waals surface area contributed by atoms with E-state index in [9.17, 15) is 4.79 Å². The molecule has 18 heavy (non-hydrogen) atoms. The molecule has 0 saturated heterocycles. The van der Waals surface area contributed by atoms with Crippen LogP contribution in [-0.2, 0) is 4.79 Å². The molecule has 0 spiro atoms. The summed E-state index contributed by atoms with van der Waals surface area (Å²) in [4.78, 5) is 12.8. The molecule has 0 bridgehead atoms. The zero-order valence-corrected chi connectivity index (χ0v) is 14.3. The van der Waals surface area contributed by atoms with Crippen LogP contribution >= 0.6 is 0 Å². The van der Waals surface area contributed by atoms with Crippen LogP contribution in [-0.4, -0.2) is 5.78 Å². The second-order valence-corrected chi connectivity index (χ2v) is 9.57. The van der Waals surface area contributed by atoms with Crippen molar-refractivity contribution in [1.82, 2.24) is 0 Å². The highest BCUT2D eigenvalue weighted by molar-refractivity contribution is 5.89. The molecule has 1 heteroatoms. The summed E-state index contributed by atoms with van der Waals surface area (Å²) in [5.41, 5.74) is -0.103. The third kappa shape index (κ3) is 6.02. The van der Waals surface area contributed by atoms with Crippen molar-refractivity contribution in [2.45, 2.75) is 82.1 Å². The van der Waals surface area contributed by atoms with Gasteiger partial charge in [-0.3, -0.25) is 4.79 Å². The molecule has 0 atom stereocenters. The first-order chi connectivity index (χ1) is 7.57. The van der Waals surface area contributed by atoms with Crippen molar-refractivity contribution in [3.63, 3.8) is 0 Å². The Balaban J connectivity index is 5.02. The first-order valence-electron chi connectivity index (χ1n) is 7.12. The Hall–Kier alpha value is -0.330. The molecule has 0 fully saturated rings. The number of ketones is 1. The van der Waals surface area contributed by atoms with E-state index in [-0.39, 0.29) is 21.7 Å². The highest BCUT2D eigenvalue weighted by Gasteiger charge is 2.42. The van der Waals surface area contributed by atoms with Crippen LogP contribution in [0, 0.1) is 21.7 Å². The molecule has 0 amide bonds. The molecule has 1 nitrogen and oxygen atoms in total.